The lowest BCUT2D eigenvalue weighted by molar-refractivity contribution is 0.328. The van der Waals surface area contributed by atoms with Crippen molar-refractivity contribution < 1.29 is 0 Å². The molecule has 0 spiro atoms. The van der Waals surface area contributed by atoms with Crippen molar-refractivity contribution in [1.29, 1.82) is 0 Å². The van der Waals surface area contributed by atoms with Crippen molar-refractivity contribution in [2.75, 3.05) is 34.2 Å². The monoisotopic (exact) mass is 222 g/mol. The standard InChI is InChI=1S/C14H26N2/c1-8-14(13(4)11-12(2)3)16(7)10-9-15(5)6/h8,11H,2,9-10H2,1,3-7H3/b13-11-,14-8-. The number of hydrogen-bond donors (Lipinski definition) is 0. The Kier molecular flexibility index (Phi) is 6.82. The average Bonchev–Trinajstić information content (AvgIpc) is 2.14. The van der Waals surface area contributed by atoms with Crippen LogP contribution >= 0.6 is 0 Å². The summed E-state index contributed by atoms with van der Waals surface area (Å²) >= 11 is 0. The summed E-state index contributed by atoms with van der Waals surface area (Å²) in [7, 11) is 6.33. The predicted molar refractivity (Wildman–Crippen MR) is 73.5 cm³/mol. The maximum Gasteiger partial charge on any atom is 0.0350 e. The van der Waals surface area contributed by atoms with Crippen LogP contribution in [0.15, 0.2) is 35.6 Å². The van der Waals surface area contributed by atoms with Crippen molar-refractivity contribution in [2.45, 2.75) is 20.8 Å². The first kappa shape index (κ1) is 15.0. The zero-order chi connectivity index (χ0) is 12.7. The summed E-state index contributed by atoms with van der Waals surface area (Å²) in [6, 6.07) is 0. The van der Waals surface area contributed by atoms with Gasteiger partial charge in [-0.2, -0.15) is 0 Å². The van der Waals surface area contributed by atoms with Crippen LogP contribution in [-0.4, -0.2) is 44.0 Å². The van der Waals surface area contributed by atoms with E-state index in [-0.39, 0.29) is 0 Å². The first-order valence-corrected chi connectivity index (χ1v) is 5.74. The van der Waals surface area contributed by atoms with Gasteiger partial charge in [0, 0.05) is 25.8 Å². The minimum Gasteiger partial charge on any atom is -0.373 e. The molecule has 0 rings (SSSR count). The number of allylic oxidation sites excluding steroid dienone is 4. The highest BCUT2D eigenvalue weighted by Gasteiger charge is 2.05. The fourth-order valence-electron chi connectivity index (χ4n) is 1.66. The molecule has 2 heteroatoms. The molecule has 0 aliphatic carbocycles. The van der Waals surface area contributed by atoms with Crippen LogP contribution in [0.2, 0.25) is 0 Å². The van der Waals surface area contributed by atoms with E-state index in [1.165, 1.54) is 11.3 Å². The maximum absolute atomic E-state index is 3.91. The zero-order valence-electron chi connectivity index (χ0n) is 11.7. The van der Waals surface area contributed by atoms with Crippen LogP contribution in [0.4, 0.5) is 0 Å². The second-order valence-electron chi connectivity index (χ2n) is 4.57. The molecule has 2 nitrogen and oxygen atoms in total. The van der Waals surface area contributed by atoms with Crippen molar-refractivity contribution in [1.82, 2.24) is 9.80 Å². The van der Waals surface area contributed by atoms with Crippen molar-refractivity contribution in [3.8, 4) is 0 Å². The number of nitrogens with zero attached hydrogens (tertiary/aromatic N) is 2. The first-order valence-electron chi connectivity index (χ1n) is 5.74. The van der Waals surface area contributed by atoms with Crippen LogP contribution in [-0.2, 0) is 0 Å². The summed E-state index contributed by atoms with van der Waals surface area (Å²) in [5.74, 6) is 0. The van der Waals surface area contributed by atoms with Crippen molar-refractivity contribution in [2.24, 2.45) is 0 Å². The Morgan fingerprint density at radius 2 is 1.69 bits per heavy atom. The Morgan fingerprint density at radius 3 is 2.06 bits per heavy atom. The molecular weight excluding hydrogens is 196 g/mol. The minimum atomic E-state index is 1.04. The molecular formula is C14H26N2. The molecule has 0 aliphatic heterocycles. The summed E-state index contributed by atoms with van der Waals surface area (Å²) in [5.41, 5.74) is 3.65. The summed E-state index contributed by atoms with van der Waals surface area (Å²) in [5, 5.41) is 0. The van der Waals surface area contributed by atoms with Gasteiger partial charge in [0.2, 0.25) is 0 Å². The third-order valence-electron chi connectivity index (χ3n) is 2.43. The van der Waals surface area contributed by atoms with Crippen LogP contribution in [0.25, 0.3) is 0 Å². The Labute approximate surface area is 101 Å². The highest BCUT2D eigenvalue weighted by molar-refractivity contribution is 5.32. The van der Waals surface area contributed by atoms with Gasteiger partial charge in [-0.05, 0) is 40.4 Å². The Hall–Kier alpha value is -1.02. The Bertz CT molecular complexity index is 285. The molecule has 16 heavy (non-hydrogen) atoms. The molecule has 0 unspecified atom stereocenters. The molecule has 0 radical (unpaired) electrons. The molecule has 0 saturated heterocycles. The number of hydrogen-bond acceptors (Lipinski definition) is 2. The van der Waals surface area contributed by atoms with E-state index in [1.54, 1.807) is 0 Å². The summed E-state index contributed by atoms with van der Waals surface area (Å²) in [4.78, 5) is 4.48. The van der Waals surface area contributed by atoms with E-state index in [9.17, 15) is 0 Å². The quantitative estimate of drug-likeness (QED) is 0.638. The molecule has 0 N–H and O–H groups in total. The predicted octanol–water partition coefficient (Wildman–Crippen LogP) is 2.91. The number of likely N-dealkylation sites (N-methyl/N-ethyl adjacent to an activating group) is 2. The largest absolute Gasteiger partial charge is 0.373 e. The van der Waals surface area contributed by atoms with E-state index >= 15 is 0 Å². The second-order valence-corrected chi connectivity index (χ2v) is 4.57. The van der Waals surface area contributed by atoms with Gasteiger partial charge in [-0.3, -0.25) is 0 Å². The van der Waals surface area contributed by atoms with E-state index in [2.05, 4.69) is 63.5 Å². The van der Waals surface area contributed by atoms with Gasteiger partial charge in [-0.1, -0.05) is 24.3 Å². The molecule has 0 heterocycles. The van der Waals surface area contributed by atoms with Gasteiger partial charge in [-0.15, -0.1) is 0 Å². The molecule has 92 valence electrons. The highest BCUT2D eigenvalue weighted by atomic mass is 15.2. The fourth-order valence-corrected chi connectivity index (χ4v) is 1.66. The smallest absolute Gasteiger partial charge is 0.0350 e. The van der Waals surface area contributed by atoms with Gasteiger partial charge in [0.25, 0.3) is 0 Å². The van der Waals surface area contributed by atoms with Crippen LogP contribution in [0.5, 0.6) is 0 Å². The number of rotatable bonds is 6. The Morgan fingerprint density at radius 1 is 1.12 bits per heavy atom. The van der Waals surface area contributed by atoms with E-state index in [4.69, 9.17) is 0 Å². The van der Waals surface area contributed by atoms with Gasteiger partial charge in [0.05, 0.1) is 0 Å². The highest BCUT2D eigenvalue weighted by Crippen LogP contribution is 2.14. The molecule has 0 aromatic rings. The Balaban J connectivity index is 4.56. The first-order chi connectivity index (χ1) is 7.38. The molecule has 0 amide bonds. The van der Waals surface area contributed by atoms with Gasteiger partial charge in [0.15, 0.2) is 0 Å². The van der Waals surface area contributed by atoms with Crippen LogP contribution in [0.1, 0.15) is 20.8 Å². The van der Waals surface area contributed by atoms with E-state index in [0.717, 1.165) is 18.7 Å². The van der Waals surface area contributed by atoms with Gasteiger partial charge in [0.1, 0.15) is 0 Å². The third kappa shape index (κ3) is 5.76. The summed E-state index contributed by atoms with van der Waals surface area (Å²) < 4.78 is 0. The van der Waals surface area contributed by atoms with Crippen LogP contribution < -0.4 is 0 Å². The molecule has 0 aromatic carbocycles. The molecule has 0 saturated carbocycles. The van der Waals surface area contributed by atoms with Crippen molar-refractivity contribution in [3.63, 3.8) is 0 Å². The van der Waals surface area contributed by atoms with E-state index in [1.807, 2.05) is 6.92 Å². The zero-order valence-corrected chi connectivity index (χ0v) is 11.7. The molecule has 0 bridgehead atoms. The average molecular weight is 222 g/mol. The van der Waals surface area contributed by atoms with Gasteiger partial charge in [-0.25, -0.2) is 0 Å². The van der Waals surface area contributed by atoms with E-state index < -0.39 is 0 Å². The van der Waals surface area contributed by atoms with Crippen molar-refractivity contribution >= 4 is 0 Å². The molecule has 0 atom stereocenters. The SMILES string of the molecule is C=C(C)/C=C(C)\C(=C\C)N(C)CCN(C)C. The lowest BCUT2D eigenvalue weighted by Gasteiger charge is -2.25. The van der Waals surface area contributed by atoms with Crippen LogP contribution in [0, 0.1) is 0 Å². The van der Waals surface area contributed by atoms with Gasteiger partial charge >= 0.3 is 0 Å². The summed E-state index contributed by atoms with van der Waals surface area (Å²) in [6.07, 6.45) is 4.28. The minimum absolute atomic E-state index is 1.04. The molecule has 0 fully saturated rings. The molecule has 0 aliphatic rings. The van der Waals surface area contributed by atoms with Crippen molar-refractivity contribution in [3.05, 3.63) is 35.6 Å². The van der Waals surface area contributed by atoms with E-state index in [0.29, 0.717) is 0 Å². The fraction of sp³-hybridized carbons (Fsp3) is 0.571. The molecule has 0 aromatic heterocycles. The van der Waals surface area contributed by atoms with Gasteiger partial charge < -0.3 is 9.80 Å². The lowest BCUT2D eigenvalue weighted by Crippen LogP contribution is -2.28. The van der Waals surface area contributed by atoms with Crippen LogP contribution in [0.3, 0.4) is 0 Å². The summed E-state index contributed by atoms with van der Waals surface area (Å²) in [6.45, 7) is 12.3. The maximum atomic E-state index is 3.91. The second kappa shape index (κ2) is 7.29. The normalized spacial score (nSPS) is 13.2. The third-order valence-corrected chi connectivity index (χ3v) is 2.43. The lowest BCUT2D eigenvalue weighted by atomic mass is 10.1. The topological polar surface area (TPSA) is 6.48 Å².